The van der Waals surface area contributed by atoms with Crippen molar-refractivity contribution in [3.8, 4) is 0 Å². The number of hydrogen-bond donors (Lipinski definition) is 3. The second-order valence-electron chi connectivity index (χ2n) is 9.12. The number of anilines is 3. The number of nitrogens with two attached hydrogens (primary N) is 1. The summed E-state index contributed by atoms with van der Waals surface area (Å²) in [5, 5.41) is 6.52. The van der Waals surface area contributed by atoms with Crippen molar-refractivity contribution >= 4 is 23.0 Å². The molecule has 0 radical (unpaired) electrons. The highest BCUT2D eigenvalue weighted by Crippen LogP contribution is 2.31. The zero-order valence-electron chi connectivity index (χ0n) is 17.9. The maximum Gasteiger partial charge on any atom is 0.255 e. The van der Waals surface area contributed by atoms with Gasteiger partial charge in [0, 0.05) is 36.9 Å². The van der Waals surface area contributed by atoms with E-state index in [-0.39, 0.29) is 5.91 Å². The Bertz CT molecular complexity index is 842. The Hall–Kier alpha value is -2.53. The van der Waals surface area contributed by atoms with Gasteiger partial charge in [0.05, 0.1) is 11.4 Å². The van der Waals surface area contributed by atoms with E-state index in [1.54, 1.807) is 6.07 Å². The standard InChI is InChI=1S/C25H34N4O/c1-18-6-7-19(16-18)17-29-14-12-22(13-15-29)27-21-10-8-20(9-11-21)25(30)28-24-5-3-2-4-23(24)26/h2-5,8-11,18-19,22,27H,6-7,12-17,26H2,1H3,(H,28,30). The summed E-state index contributed by atoms with van der Waals surface area (Å²) in [5.41, 5.74) is 8.82. The minimum Gasteiger partial charge on any atom is -0.397 e. The molecule has 2 aliphatic rings. The maximum absolute atomic E-state index is 12.5. The number of benzene rings is 2. The van der Waals surface area contributed by atoms with Gasteiger partial charge < -0.3 is 21.3 Å². The Labute approximate surface area is 180 Å². The first-order valence-corrected chi connectivity index (χ1v) is 11.3. The first-order chi connectivity index (χ1) is 14.6. The van der Waals surface area contributed by atoms with Gasteiger partial charge in [-0.2, -0.15) is 0 Å². The first kappa shape index (κ1) is 20.7. The zero-order valence-corrected chi connectivity index (χ0v) is 17.9. The molecule has 1 aliphatic heterocycles. The van der Waals surface area contributed by atoms with E-state index in [0.717, 1.165) is 17.5 Å². The van der Waals surface area contributed by atoms with Gasteiger partial charge in [-0.25, -0.2) is 0 Å². The molecular weight excluding hydrogens is 372 g/mol. The van der Waals surface area contributed by atoms with Gasteiger partial charge in [-0.1, -0.05) is 25.5 Å². The molecule has 1 amide bonds. The van der Waals surface area contributed by atoms with Crippen LogP contribution in [0.1, 0.15) is 49.4 Å². The summed E-state index contributed by atoms with van der Waals surface area (Å²) in [6.07, 6.45) is 6.59. The topological polar surface area (TPSA) is 70.4 Å². The lowest BCUT2D eigenvalue weighted by Crippen LogP contribution is -2.41. The van der Waals surface area contributed by atoms with E-state index >= 15 is 0 Å². The molecule has 5 heteroatoms. The summed E-state index contributed by atoms with van der Waals surface area (Å²) in [5.74, 6) is 1.69. The van der Waals surface area contributed by atoms with E-state index in [1.807, 2.05) is 42.5 Å². The fourth-order valence-electron chi connectivity index (χ4n) is 4.87. The number of para-hydroxylation sites is 2. The van der Waals surface area contributed by atoms with Crippen LogP contribution in [0.2, 0.25) is 0 Å². The largest absolute Gasteiger partial charge is 0.397 e. The molecule has 1 saturated heterocycles. The van der Waals surface area contributed by atoms with E-state index in [9.17, 15) is 4.79 Å². The van der Waals surface area contributed by atoms with Crippen LogP contribution in [0.5, 0.6) is 0 Å². The summed E-state index contributed by atoms with van der Waals surface area (Å²) in [6.45, 7) is 6.04. The van der Waals surface area contributed by atoms with Gasteiger partial charge in [-0.15, -0.1) is 0 Å². The third-order valence-corrected chi connectivity index (χ3v) is 6.63. The van der Waals surface area contributed by atoms with Gasteiger partial charge in [0.2, 0.25) is 0 Å². The van der Waals surface area contributed by atoms with Crippen LogP contribution >= 0.6 is 0 Å². The number of amides is 1. The molecule has 0 aromatic heterocycles. The fraction of sp³-hybridized carbons (Fsp3) is 0.480. The molecule has 4 rings (SSSR count). The maximum atomic E-state index is 12.5. The van der Waals surface area contributed by atoms with Gasteiger partial charge in [0.25, 0.3) is 5.91 Å². The normalized spacial score (nSPS) is 22.7. The molecule has 5 nitrogen and oxygen atoms in total. The van der Waals surface area contributed by atoms with Crippen LogP contribution in [0.4, 0.5) is 17.1 Å². The fourth-order valence-corrected chi connectivity index (χ4v) is 4.87. The van der Waals surface area contributed by atoms with E-state index in [2.05, 4.69) is 22.5 Å². The van der Waals surface area contributed by atoms with Crippen molar-refractivity contribution in [1.82, 2.24) is 4.90 Å². The molecule has 2 unspecified atom stereocenters. The van der Waals surface area contributed by atoms with E-state index in [0.29, 0.717) is 23.0 Å². The number of carbonyl (C=O) groups excluding carboxylic acids is 1. The predicted molar refractivity (Wildman–Crippen MR) is 125 cm³/mol. The number of carbonyl (C=O) groups is 1. The molecule has 2 atom stereocenters. The highest BCUT2D eigenvalue weighted by Gasteiger charge is 2.26. The first-order valence-electron chi connectivity index (χ1n) is 11.3. The Morgan fingerprint density at radius 2 is 1.77 bits per heavy atom. The van der Waals surface area contributed by atoms with E-state index in [4.69, 9.17) is 5.73 Å². The summed E-state index contributed by atoms with van der Waals surface area (Å²) in [4.78, 5) is 15.1. The summed E-state index contributed by atoms with van der Waals surface area (Å²) in [6, 6.07) is 15.5. The number of hydrogen-bond acceptors (Lipinski definition) is 4. The monoisotopic (exact) mass is 406 g/mol. The molecule has 0 bridgehead atoms. The van der Waals surface area contributed by atoms with Gasteiger partial charge in [0.1, 0.15) is 0 Å². The Kier molecular flexibility index (Phi) is 6.58. The number of rotatable bonds is 6. The van der Waals surface area contributed by atoms with Crippen LogP contribution in [-0.4, -0.2) is 36.5 Å². The van der Waals surface area contributed by atoms with Gasteiger partial charge in [-0.3, -0.25) is 4.79 Å². The Morgan fingerprint density at radius 3 is 2.43 bits per heavy atom. The number of likely N-dealkylation sites (tertiary alicyclic amines) is 1. The zero-order chi connectivity index (χ0) is 20.9. The van der Waals surface area contributed by atoms with Crippen LogP contribution in [0, 0.1) is 11.8 Å². The van der Waals surface area contributed by atoms with Crippen LogP contribution in [0.3, 0.4) is 0 Å². The molecule has 0 spiro atoms. The number of nitrogen functional groups attached to an aromatic ring is 1. The molecule has 2 aromatic carbocycles. The average Bonchev–Trinajstić information content (AvgIpc) is 3.16. The van der Waals surface area contributed by atoms with Crippen molar-refractivity contribution in [3.05, 3.63) is 54.1 Å². The van der Waals surface area contributed by atoms with E-state index < -0.39 is 0 Å². The van der Waals surface area contributed by atoms with E-state index in [1.165, 1.54) is 51.7 Å². The van der Waals surface area contributed by atoms with Crippen LogP contribution in [-0.2, 0) is 0 Å². The second kappa shape index (κ2) is 9.52. The molecule has 30 heavy (non-hydrogen) atoms. The second-order valence-corrected chi connectivity index (χ2v) is 9.12. The van der Waals surface area contributed by atoms with Crippen molar-refractivity contribution in [2.45, 2.75) is 45.1 Å². The van der Waals surface area contributed by atoms with Crippen LogP contribution in [0.15, 0.2) is 48.5 Å². The molecular formula is C25H34N4O. The quantitative estimate of drug-likeness (QED) is 0.601. The lowest BCUT2D eigenvalue weighted by molar-refractivity contribution is 0.102. The van der Waals surface area contributed by atoms with Gasteiger partial charge in [0.15, 0.2) is 0 Å². The van der Waals surface area contributed by atoms with Crippen molar-refractivity contribution in [1.29, 1.82) is 0 Å². The lowest BCUT2D eigenvalue weighted by Gasteiger charge is -2.34. The Balaban J connectivity index is 1.24. The summed E-state index contributed by atoms with van der Waals surface area (Å²) >= 11 is 0. The molecule has 2 aromatic rings. The SMILES string of the molecule is CC1CCC(CN2CCC(Nc3ccc(C(=O)Nc4ccccc4N)cc3)CC2)C1. The molecule has 1 saturated carbocycles. The number of nitrogens with zero attached hydrogens (tertiary/aromatic N) is 1. The summed E-state index contributed by atoms with van der Waals surface area (Å²) in [7, 11) is 0. The molecule has 1 heterocycles. The highest BCUT2D eigenvalue weighted by molar-refractivity contribution is 6.05. The van der Waals surface area contributed by atoms with Crippen molar-refractivity contribution < 1.29 is 4.79 Å². The third kappa shape index (κ3) is 5.33. The minimum atomic E-state index is -0.144. The van der Waals surface area contributed by atoms with Gasteiger partial charge >= 0.3 is 0 Å². The molecule has 2 fully saturated rings. The number of nitrogens with one attached hydrogen (secondary N) is 2. The minimum absolute atomic E-state index is 0.144. The average molecular weight is 407 g/mol. The predicted octanol–water partition coefficient (Wildman–Crippen LogP) is 4.83. The molecule has 4 N–H and O–H groups in total. The van der Waals surface area contributed by atoms with Crippen molar-refractivity contribution in [2.75, 3.05) is 36.0 Å². The molecule has 1 aliphatic carbocycles. The Morgan fingerprint density at radius 1 is 1.03 bits per heavy atom. The summed E-state index contributed by atoms with van der Waals surface area (Å²) < 4.78 is 0. The van der Waals surface area contributed by atoms with Crippen molar-refractivity contribution in [2.24, 2.45) is 11.8 Å². The smallest absolute Gasteiger partial charge is 0.255 e. The van der Waals surface area contributed by atoms with Gasteiger partial charge in [-0.05, 0) is 73.9 Å². The number of piperidine rings is 1. The van der Waals surface area contributed by atoms with Crippen LogP contribution in [0.25, 0.3) is 0 Å². The lowest BCUT2D eigenvalue weighted by atomic mass is 10.0. The third-order valence-electron chi connectivity index (χ3n) is 6.63. The molecule has 160 valence electrons. The highest BCUT2D eigenvalue weighted by atomic mass is 16.1. The van der Waals surface area contributed by atoms with Crippen LogP contribution < -0.4 is 16.4 Å². The van der Waals surface area contributed by atoms with Crippen molar-refractivity contribution in [3.63, 3.8) is 0 Å².